The van der Waals surface area contributed by atoms with Crippen LogP contribution in [0.1, 0.15) is 5.56 Å². The molecule has 0 bridgehead atoms. The summed E-state index contributed by atoms with van der Waals surface area (Å²) in [6, 6.07) is 18.2. The van der Waals surface area contributed by atoms with Crippen molar-refractivity contribution in [3.63, 3.8) is 0 Å². The molecule has 3 rings (SSSR count). The Morgan fingerprint density at radius 2 is 1.76 bits per heavy atom. The number of hydrogen-bond donors (Lipinski definition) is 1. The number of H-pyrrole nitrogens is 1. The Morgan fingerprint density at radius 3 is 2.65 bits per heavy atom. The Bertz CT molecular complexity index is 651. The molecule has 0 atom stereocenters. The zero-order valence-electron chi connectivity index (χ0n) is 9.30. The van der Waals surface area contributed by atoms with Crippen LogP contribution in [0, 0.1) is 0 Å². The monoisotopic (exact) mass is 220 g/mol. The number of aromatic nitrogens is 1. The van der Waals surface area contributed by atoms with Crippen LogP contribution in [0.15, 0.2) is 65.8 Å². The lowest BCUT2D eigenvalue weighted by atomic mass is 10.1. The number of rotatable bonds is 2. The number of aromatic amines is 1. The molecule has 1 N–H and O–H groups in total. The summed E-state index contributed by atoms with van der Waals surface area (Å²) in [7, 11) is 0. The van der Waals surface area contributed by atoms with Gasteiger partial charge in [0.2, 0.25) is 0 Å². The molecule has 0 fully saturated rings. The van der Waals surface area contributed by atoms with Crippen molar-refractivity contribution in [3.8, 4) is 0 Å². The minimum Gasteiger partial charge on any atom is -0.361 e. The van der Waals surface area contributed by atoms with E-state index in [0.29, 0.717) is 0 Å². The molecule has 0 unspecified atom stereocenters. The molecule has 17 heavy (non-hydrogen) atoms. The van der Waals surface area contributed by atoms with Crippen LogP contribution in [-0.4, -0.2) is 11.2 Å². The maximum atomic E-state index is 4.46. The third-order valence-corrected chi connectivity index (χ3v) is 2.73. The molecule has 0 aliphatic heterocycles. The van der Waals surface area contributed by atoms with Crippen LogP contribution >= 0.6 is 0 Å². The van der Waals surface area contributed by atoms with E-state index in [2.05, 4.69) is 28.2 Å². The molecule has 1 heterocycles. The SMILES string of the molecule is C(=Nc1ccccc1)c1cccc2cc[nH]c12. The van der Waals surface area contributed by atoms with E-state index in [9.17, 15) is 0 Å². The molecule has 0 spiro atoms. The number of hydrogen-bond acceptors (Lipinski definition) is 1. The van der Waals surface area contributed by atoms with E-state index in [4.69, 9.17) is 0 Å². The topological polar surface area (TPSA) is 28.1 Å². The molecule has 0 saturated heterocycles. The van der Waals surface area contributed by atoms with Gasteiger partial charge in [0.05, 0.1) is 11.2 Å². The quantitative estimate of drug-likeness (QED) is 0.634. The lowest BCUT2D eigenvalue weighted by Gasteiger charge is -1.96. The molecule has 2 heteroatoms. The second-order valence-electron chi connectivity index (χ2n) is 3.88. The van der Waals surface area contributed by atoms with Crippen LogP contribution in [-0.2, 0) is 0 Å². The van der Waals surface area contributed by atoms with Gasteiger partial charge in [-0.25, -0.2) is 0 Å². The Kier molecular flexibility index (Phi) is 2.47. The molecule has 0 aliphatic carbocycles. The van der Waals surface area contributed by atoms with Gasteiger partial charge in [-0.15, -0.1) is 0 Å². The van der Waals surface area contributed by atoms with Gasteiger partial charge >= 0.3 is 0 Å². The zero-order chi connectivity index (χ0) is 11.5. The van der Waals surface area contributed by atoms with Crippen molar-refractivity contribution in [1.29, 1.82) is 0 Å². The van der Waals surface area contributed by atoms with Gasteiger partial charge < -0.3 is 4.98 Å². The summed E-state index contributed by atoms with van der Waals surface area (Å²) >= 11 is 0. The fourth-order valence-electron chi connectivity index (χ4n) is 1.87. The Hall–Kier alpha value is -2.35. The summed E-state index contributed by atoms with van der Waals surface area (Å²) in [5.74, 6) is 0. The van der Waals surface area contributed by atoms with Crippen molar-refractivity contribution in [3.05, 3.63) is 66.4 Å². The smallest absolute Gasteiger partial charge is 0.0629 e. The third kappa shape index (κ3) is 1.97. The van der Waals surface area contributed by atoms with E-state index >= 15 is 0 Å². The largest absolute Gasteiger partial charge is 0.361 e. The fraction of sp³-hybridized carbons (Fsp3) is 0. The molecule has 0 saturated carbocycles. The second-order valence-corrected chi connectivity index (χ2v) is 3.88. The first-order valence-electron chi connectivity index (χ1n) is 5.59. The highest BCUT2D eigenvalue weighted by atomic mass is 14.7. The highest BCUT2D eigenvalue weighted by molar-refractivity contribution is 5.98. The van der Waals surface area contributed by atoms with Gasteiger partial charge in [-0.2, -0.15) is 0 Å². The van der Waals surface area contributed by atoms with Crippen LogP contribution in [0.4, 0.5) is 5.69 Å². The lowest BCUT2D eigenvalue weighted by molar-refractivity contribution is 1.46. The van der Waals surface area contributed by atoms with Gasteiger partial charge in [0.1, 0.15) is 0 Å². The Morgan fingerprint density at radius 1 is 0.882 bits per heavy atom. The number of fused-ring (bicyclic) bond motifs is 1. The number of benzene rings is 2. The van der Waals surface area contributed by atoms with E-state index in [-0.39, 0.29) is 0 Å². The molecule has 2 aromatic carbocycles. The molecular weight excluding hydrogens is 208 g/mol. The minimum absolute atomic E-state index is 0.969. The van der Waals surface area contributed by atoms with Gasteiger partial charge in [0, 0.05) is 23.4 Å². The predicted octanol–water partition coefficient (Wildman–Crippen LogP) is 3.92. The van der Waals surface area contributed by atoms with E-state index in [1.807, 2.05) is 48.8 Å². The highest BCUT2D eigenvalue weighted by Gasteiger charge is 1.98. The third-order valence-electron chi connectivity index (χ3n) is 2.73. The molecule has 1 aromatic heterocycles. The fourth-order valence-corrected chi connectivity index (χ4v) is 1.87. The van der Waals surface area contributed by atoms with Gasteiger partial charge in [0.25, 0.3) is 0 Å². The van der Waals surface area contributed by atoms with Gasteiger partial charge in [-0.05, 0) is 18.2 Å². The summed E-state index contributed by atoms with van der Waals surface area (Å²) in [5.41, 5.74) is 3.21. The molecular formula is C15H12N2. The first-order valence-corrected chi connectivity index (χ1v) is 5.59. The Balaban J connectivity index is 2.00. The second kappa shape index (κ2) is 4.26. The average Bonchev–Trinajstić information content (AvgIpc) is 2.86. The summed E-state index contributed by atoms with van der Waals surface area (Å²) in [6.45, 7) is 0. The molecule has 0 amide bonds. The Labute approximate surface area is 99.6 Å². The maximum absolute atomic E-state index is 4.46. The normalized spacial score (nSPS) is 11.3. The van der Waals surface area contributed by atoms with Gasteiger partial charge in [0.15, 0.2) is 0 Å². The summed E-state index contributed by atoms with van der Waals surface area (Å²) in [4.78, 5) is 7.69. The van der Waals surface area contributed by atoms with Crippen molar-refractivity contribution in [2.24, 2.45) is 4.99 Å². The molecule has 3 aromatic rings. The summed E-state index contributed by atoms with van der Waals surface area (Å²) in [5, 5.41) is 1.21. The molecule has 0 aliphatic rings. The van der Waals surface area contributed by atoms with Crippen LogP contribution in [0.5, 0.6) is 0 Å². The van der Waals surface area contributed by atoms with Crippen LogP contribution in [0.3, 0.4) is 0 Å². The van der Waals surface area contributed by atoms with Crippen molar-refractivity contribution < 1.29 is 0 Å². The highest BCUT2D eigenvalue weighted by Crippen LogP contribution is 2.16. The van der Waals surface area contributed by atoms with Crippen molar-refractivity contribution >= 4 is 22.8 Å². The number of aliphatic imine (C=N–C) groups is 1. The van der Waals surface area contributed by atoms with Gasteiger partial charge in [-0.3, -0.25) is 4.99 Å². The maximum Gasteiger partial charge on any atom is 0.0629 e. The van der Waals surface area contributed by atoms with E-state index < -0.39 is 0 Å². The van der Waals surface area contributed by atoms with E-state index in [1.165, 1.54) is 5.39 Å². The first-order chi connectivity index (χ1) is 8.43. The molecule has 2 nitrogen and oxygen atoms in total. The number of nitrogens with one attached hydrogen (secondary N) is 1. The van der Waals surface area contributed by atoms with Gasteiger partial charge in [-0.1, -0.05) is 36.4 Å². The average molecular weight is 220 g/mol. The van der Waals surface area contributed by atoms with Crippen LogP contribution in [0.2, 0.25) is 0 Å². The van der Waals surface area contributed by atoms with E-state index in [0.717, 1.165) is 16.8 Å². The van der Waals surface area contributed by atoms with Crippen LogP contribution < -0.4 is 0 Å². The number of para-hydroxylation sites is 2. The molecule has 82 valence electrons. The molecule has 0 radical (unpaired) electrons. The van der Waals surface area contributed by atoms with Crippen molar-refractivity contribution in [2.45, 2.75) is 0 Å². The minimum atomic E-state index is 0.969. The first kappa shape index (κ1) is 9.85. The number of nitrogens with zero attached hydrogens (tertiary/aromatic N) is 1. The standard InChI is InChI=1S/C15H12N2/c1-2-7-14(8-3-1)17-11-13-6-4-5-12-9-10-16-15(12)13/h1-11,16H. The summed E-state index contributed by atoms with van der Waals surface area (Å²) in [6.07, 6.45) is 3.85. The van der Waals surface area contributed by atoms with E-state index in [1.54, 1.807) is 0 Å². The predicted molar refractivity (Wildman–Crippen MR) is 72.0 cm³/mol. The van der Waals surface area contributed by atoms with Crippen molar-refractivity contribution in [1.82, 2.24) is 4.98 Å². The van der Waals surface area contributed by atoms with Crippen molar-refractivity contribution in [2.75, 3.05) is 0 Å². The lowest BCUT2D eigenvalue weighted by Crippen LogP contribution is -1.82. The van der Waals surface area contributed by atoms with Crippen LogP contribution in [0.25, 0.3) is 10.9 Å². The summed E-state index contributed by atoms with van der Waals surface area (Å²) < 4.78 is 0. The zero-order valence-corrected chi connectivity index (χ0v) is 9.30.